The molecular formula is C14H14N2O6. The summed E-state index contributed by atoms with van der Waals surface area (Å²) in [6.07, 6.45) is 2.88. The van der Waals surface area contributed by atoms with Crippen molar-refractivity contribution >= 4 is 23.2 Å². The van der Waals surface area contributed by atoms with Gasteiger partial charge in [0, 0.05) is 17.8 Å². The minimum Gasteiger partial charge on any atom is -0.466 e. The summed E-state index contributed by atoms with van der Waals surface area (Å²) in [5.74, 6) is -1.23. The Hall–Kier alpha value is -2.77. The summed E-state index contributed by atoms with van der Waals surface area (Å²) in [5.41, 5.74) is 0.631. The van der Waals surface area contributed by atoms with Gasteiger partial charge in [-0.2, -0.15) is 0 Å². The number of carbonyl (C=O) groups is 2. The number of rotatable bonds is 4. The molecule has 0 amide bonds. The zero-order valence-electron chi connectivity index (χ0n) is 12.1. The second-order valence-corrected chi connectivity index (χ2v) is 4.64. The lowest BCUT2D eigenvalue weighted by Gasteiger charge is -2.07. The predicted octanol–water partition coefficient (Wildman–Crippen LogP) is 1.89. The van der Waals surface area contributed by atoms with Gasteiger partial charge in [-0.25, -0.2) is 14.6 Å². The lowest BCUT2D eigenvalue weighted by Crippen LogP contribution is -2.08. The van der Waals surface area contributed by atoms with Crippen molar-refractivity contribution in [3.8, 4) is 0 Å². The maximum atomic E-state index is 11.7. The number of methoxy groups -OCH3 is 2. The quantitative estimate of drug-likeness (QED) is 0.474. The van der Waals surface area contributed by atoms with Gasteiger partial charge in [0.05, 0.1) is 24.7 Å². The summed E-state index contributed by atoms with van der Waals surface area (Å²) in [7, 11) is 2.43. The summed E-state index contributed by atoms with van der Waals surface area (Å²) >= 11 is 0. The van der Waals surface area contributed by atoms with E-state index >= 15 is 0 Å². The number of nitro groups is 1. The average molecular weight is 306 g/mol. The van der Waals surface area contributed by atoms with Crippen molar-refractivity contribution in [1.29, 1.82) is 0 Å². The van der Waals surface area contributed by atoms with Crippen molar-refractivity contribution in [3.05, 3.63) is 39.2 Å². The minimum absolute atomic E-state index is 0.0174. The van der Waals surface area contributed by atoms with Crippen molar-refractivity contribution in [2.45, 2.75) is 19.3 Å². The third kappa shape index (κ3) is 2.80. The highest BCUT2D eigenvalue weighted by atomic mass is 16.6. The smallest absolute Gasteiger partial charge is 0.339 e. The Bertz CT molecular complexity index is 680. The maximum Gasteiger partial charge on any atom is 0.339 e. The molecular weight excluding hydrogens is 292 g/mol. The number of ether oxygens (including phenoxy) is 2. The van der Waals surface area contributed by atoms with Crippen LogP contribution in [0.4, 0.5) is 5.69 Å². The Morgan fingerprint density at radius 1 is 1.23 bits per heavy atom. The van der Waals surface area contributed by atoms with Gasteiger partial charge in [-0.1, -0.05) is 0 Å². The molecule has 1 aliphatic carbocycles. The average Bonchev–Trinajstić information content (AvgIpc) is 3.02. The largest absolute Gasteiger partial charge is 0.466 e. The molecule has 0 saturated carbocycles. The molecule has 1 aromatic heterocycles. The highest BCUT2D eigenvalue weighted by molar-refractivity contribution is 5.99. The normalized spacial score (nSPS) is 13.9. The van der Waals surface area contributed by atoms with E-state index < -0.39 is 16.9 Å². The fourth-order valence-corrected chi connectivity index (χ4v) is 2.41. The topological polar surface area (TPSA) is 109 Å². The van der Waals surface area contributed by atoms with Gasteiger partial charge in [0.25, 0.3) is 5.69 Å². The molecule has 0 aromatic carbocycles. The van der Waals surface area contributed by atoms with E-state index in [4.69, 9.17) is 4.74 Å². The molecule has 1 aromatic rings. The summed E-state index contributed by atoms with van der Waals surface area (Å²) in [4.78, 5) is 37.9. The van der Waals surface area contributed by atoms with Crippen LogP contribution in [0.3, 0.4) is 0 Å². The number of carbonyl (C=O) groups excluding carboxylic acids is 2. The summed E-state index contributed by atoms with van der Waals surface area (Å²) < 4.78 is 9.22. The van der Waals surface area contributed by atoms with Gasteiger partial charge in [0.1, 0.15) is 5.69 Å². The van der Waals surface area contributed by atoms with Gasteiger partial charge in [-0.05, 0) is 24.8 Å². The van der Waals surface area contributed by atoms with E-state index in [1.165, 1.54) is 20.4 Å². The van der Waals surface area contributed by atoms with Crippen LogP contribution in [-0.4, -0.2) is 36.1 Å². The number of aromatic nitrogens is 1. The van der Waals surface area contributed by atoms with Crippen LogP contribution in [0.15, 0.2) is 17.8 Å². The van der Waals surface area contributed by atoms with E-state index in [0.717, 1.165) is 6.07 Å². The first-order valence-corrected chi connectivity index (χ1v) is 6.53. The van der Waals surface area contributed by atoms with Crippen LogP contribution in [0.2, 0.25) is 0 Å². The zero-order valence-corrected chi connectivity index (χ0v) is 12.1. The van der Waals surface area contributed by atoms with Crippen LogP contribution in [0.1, 0.15) is 35.3 Å². The maximum absolute atomic E-state index is 11.7. The molecule has 0 atom stereocenters. The van der Waals surface area contributed by atoms with Gasteiger partial charge in [0.15, 0.2) is 0 Å². The highest BCUT2D eigenvalue weighted by Gasteiger charge is 2.29. The Morgan fingerprint density at radius 3 is 2.50 bits per heavy atom. The molecule has 0 fully saturated rings. The molecule has 0 radical (unpaired) electrons. The van der Waals surface area contributed by atoms with E-state index in [2.05, 4.69) is 9.72 Å². The zero-order chi connectivity index (χ0) is 16.3. The monoisotopic (exact) mass is 306 g/mol. The molecule has 22 heavy (non-hydrogen) atoms. The number of allylic oxidation sites excluding steroid dienone is 1. The van der Waals surface area contributed by atoms with Crippen molar-refractivity contribution in [2.75, 3.05) is 14.2 Å². The van der Waals surface area contributed by atoms with Gasteiger partial charge in [0.2, 0.25) is 0 Å². The van der Waals surface area contributed by atoms with Crippen molar-refractivity contribution in [2.24, 2.45) is 0 Å². The van der Waals surface area contributed by atoms with E-state index in [1.807, 2.05) is 0 Å². The van der Waals surface area contributed by atoms with Gasteiger partial charge in [-0.15, -0.1) is 0 Å². The molecule has 1 aliphatic rings. The van der Waals surface area contributed by atoms with Crippen LogP contribution in [0, 0.1) is 10.1 Å². The van der Waals surface area contributed by atoms with E-state index in [-0.39, 0.29) is 16.9 Å². The van der Waals surface area contributed by atoms with Crippen molar-refractivity contribution in [3.63, 3.8) is 0 Å². The Balaban J connectivity index is 2.58. The molecule has 8 nitrogen and oxygen atoms in total. The molecule has 8 heteroatoms. The third-order valence-electron chi connectivity index (χ3n) is 3.42. The van der Waals surface area contributed by atoms with Crippen molar-refractivity contribution < 1.29 is 24.0 Å². The lowest BCUT2D eigenvalue weighted by molar-refractivity contribution is -0.385. The Labute approximate surface area is 125 Å². The van der Waals surface area contributed by atoms with Crippen LogP contribution >= 0.6 is 0 Å². The Kier molecular flexibility index (Phi) is 4.50. The van der Waals surface area contributed by atoms with Gasteiger partial charge < -0.3 is 9.47 Å². The molecule has 116 valence electrons. The van der Waals surface area contributed by atoms with Crippen molar-refractivity contribution in [1.82, 2.24) is 4.98 Å². The van der Waals surface area contributed by atoms with Crippen LogP contribution in [0.5, 0.6) is 0 Å². The number of hydrogen-bond acceptors (Lipinski definition) is 7. The highest BCUT2D eigenvalue weighted by Crippen LogP contribution is 2.37. The van der Waals surface area contributed by atoms with Gasteiger partial charge >= 0.3 is 11.9 Å². The third-order valence-corrected chi connectivity index (χ3v) is 3.42. The van der Waals surface area contributed by atoms with E-state index in [9.17, 15) is 19.7 Å². The first kappa shape index (κ1) is 15.6. The number of pyridine rings is 1. The van der Waals surface area contributed by atoms with Crippen LogP contribution in [0.25, 0.3) is 5.57 Å². The van der Waals surface area contributed by atoms with Gasteiger partial charge in [-0.3, -0.25) is 10.1 Å². The fraction of sp³-hybridized carbons (Fsp3) is 0.357. The number of nitrogens with zero attached hydrogens (tertiary/aromatic N) is 2. The predicted molar refractivity (Wildman–Crippen MR) is 75.0 cm³/mol. The number of hydrogen-bond donors (Lipinski definition) is 0. The second kappa shape index (κ2) is 6.33. The molecule has 0 aliphatic heterocycles. The summed E-state index contributed by atoms with van der Waals surface area (Å²) in [6.45, 7) is 0. The lowest BCUT2D eigenvalue weighted by atomic mass is 10.0. The van der Waals surface area contributed by atoms with Crippen LogP contribution in [-0.2, 0) is 14.3 Å². The molecule has 1 heterocycles. The molecule has 0 saturated heterocycles. The minimum atomic E-state index is -0.712. The molecule has 0 bridgehead atoms. The summed E-state index contributed by atoms with van der Waals surface area (Å²) in [6, 6.07) is 1.11. The standard InChI is InChI=1S/C14H14N2O6/c1-21-13(17)8-6-11(16(19)20)12(15-7-8)9-4-3-5-10(9)14(18)22-2/h6-7H,3-5H2,1-2H3. The second-order valence-electron chi connectivity index (χ2n) is 4.64. The number of esters is 2. The van der Waals surface area contributed by atoms with E-state index in [0.29, 0.717) is 30.4 Å². The molecule has 0 spiro atoms. The molecule has 0 unspecified atom stereocenters. The molecule has 2 rings (SSSR count). The molecule has 0 N–H and O–H groups in total. The summed E-state index contributed by atoms with van der Waals surface area (Å²) in [5, 5.41) is 11.3. The SMILES string of the molecule is COC(=O)C1=C(c2ncc(C(=O)OC)cc2[N+](=O)[O-])CCC1. The first-order chi connectivity index (χ1) is 10.5. The van der Waals surface area contributed by atoms with E-state index in [1.54, 1.807) is 0 Å². The van der Waals surface area contributed by atoms with Crippen LogP contribution < -0.4 is 0 Å². The fourth-order valence-electron chi connectivity index (χ4n) is 2.41. The Morgan fingerprint density at radius 2 is 1.91 bits per heavy atom. The first-order valence-electron chi connectivity index (χ1n) is 6.53.